The van der Waals surface area contributed by atoms with Gasteiger partial charge in [-0.05, 0) is 31.7 Å². The molecule has 0 amide bonds. The van der Waals surface area contributed by atoms with E-state index >= 15 is 0 Å². The first-order valence-electron chi connectivity index (χ1n) is 5.96. The first-order valence-corrected chi connectivity index (χ1v) is 5.96. The maximum Gasteiger partial charge on any atom is 0.0816 e. The summed E-state index contributed by atoms with van der Waals surface area (Å²) in [6, 6.07) is 9.80. The van der Waals surface area contributed by atoms with E-state index in [1.165, 1.54) is 0 Å². The Bertz CT molecular complexity index is 282. The summed E-state index contributed by atoms with van der Waals surface area (Å²) in [5.41, 5.74) is 0.986. The Morgan fingerprint density at radius 3 is 2.31 bits per heavy atom. The third kappa shape index (κ3) is 4.33. The van der Waals surface area contributed by atoms with Gasteiger partial charge in [-0.1, -0.05) is 37.3 Å². The van der Waals surface area contributed by atoms with Crippen molar-refractivity contribution in [1.82, 2.24) is 0 Å². The molecule has 0 aromatic heterocycles. The molecule has 0 aliphatic carbocycles. The SMILES string of the molecule is CC(C)OCCC(C)C(O)c1ccccc1. The van der Waals surface area contributed by atoms with Gasteiger partial charge in [-0.25, -0.2) is 0 Å². The molecule has 90 valence electrons. The summed E-state index contributed by atoms with van der Waals surface area (Å²) in [6.07, 6.45) is 0.756. The minimum absolute atomic E-state index is 0.223. The number of aliphatic hydroxyl groups excluding tert-OH is 1. The molecule has 1 aromatic rings. The molecule has 0 saturated carbocycles. The lowest BCUT2D eigenvalue weighted by Crippen LogP contribution is -2.13. The summed E-state index contributed by atoms with van der Waals surface area (Å²) >= 11 is 0. The average molecular weight is 222 g/mol. The number of rotatable bonds is 6. The summed E-state index contributed by atoms with van der Waals surface area (Å²) in [7, 11) is 0. The van der Waals surface area contributed by atoms with Crippen LogP contribution in [0.15, 0.2) is 30.3 Å². The molecule has 0 saturated heterocycles. The van der Waals surface area contributed by atoms with Gasteiger partial charge in [0, 0.05) is 6.61 Å². The normalized spacial score (nSPS) is 15.1. The molecule has 1 rings (SSSR count). The van der Waals surface area contributed by atoms with Gasteiger partial charge >= 0.3 is 0 Å². The van der Waals surface area contributed by atoms with E-state index in [2.05, 4.69) is 6.92 Å². The Labute approximate surface area is 98.3 Å². The average Bonchev–Trinajstić information content (AvgIpc) is 2.28. The number of ether oxygens (including phenoxy) is 1. The molecule has 0 fully saturated rings. The molecule has 2 unspecified atom stereocenters. The lowest BCUT2D eigenvalue weighted by Gasteiger charge is -2.19. The second-order valence-corrected chi connectivity index (χ2v) is 4.54. The lowest BCUT2D eigenvalue weighted by molar-refractivity contribution is 0.0445. The molecule has 0 radical (unpaired) electrons. The molecule has 0 heterocycles. The van der Waals surface area contributed by atoms with E-state index in [-0.39, 0.29) is 12.0 Å². The molecule has 0 bridgehead atoms. The number of aliphatic hydroxyl groups is 1. The standard InChI is InChI=1S/C14H22O2/c1-11(2)16-10-9-12(3)14(15)13-7-5-4-6-8-13/h4-8,11-12,14-15H,9-10H2,1-3H3. The Hall–Kier alpha value is -0.860. The molecule has 2 heteroatoms. The highest BCUT2D eigenvalue weighted by Crippen LogP contribution is 2.23. The van der Waals surface area contributed by atoms with Crippen molar-refractivity contribution in [1.29, 1.82) is 0 Å². The highest BCUT2D eigenvalue weighted by Gasteiger charge is 2.15. The fourth-order valence-corrected chi connectivity index (χ4v) is 1.63. The summed E-state index contributed by atoms with van der Waals surface area (Å²) in [6.45, 7) is 6.82. The zero-order chi connectivity index (χ0) is 12.0. The molecule has 0 aliphatic heterocycles. The van der Waals surface area contributed by atoms with Gasteiger partial charge in [0.1, 0.15) is 0 Å². The van der Waals surface area contributed by atoms with E-state index < -0.39 is 6.10 Å². The van der Waals surface area contributed by atoms with Crippen LogP contribution in [0.25, 0.3) is 0 Å². The van der Waals surface area contributed by atoms with Crippen LogP contribution in [0.2, 0.25) is 0 Å². The van der Waals surface area contributed by atoms with Gasteiger partial charge in [-0.3, -0.25) is 0 Å². The van der Waals surface area contributed by atoms with Crippen molar-refractivity contribution in [3.8, 4) is 0 Å². The predicted octanol–water partition coefficient (Wildman–Crippen LogP) is 3.17. The zero-order valence-corrected chi connectivity index (χ0v) is 10.4. The number of hydrogen-bond donors (Lipinski definition) is 1. The monoisotopic (exact) mass is 222 g/mol. The van der Waals surface area contributed by atoms with Crippen molar-refractivity contribution in [3.05, 3.63) is 35.9 Å². The third-order valence-corrected chi connectivity index (χ3v) is 2.70. The lowest BCUT2D eigenvalue weighted by atomic mass is 9.95. The van der Waals surface area contributed by atoms with Crippen molar-refractivity contribution in [3.63, 3.8) is 0 Å². The Balaban J connectivity index is 2.39. The van der Waals surface area contributed by atoms with E-state index in [0.717, 1.165) is 12.0 Å². The highest BCUT2D eigenvalue weighted by atomic mass is 16.5. The van der Waals surface area contributed by atoms with Gasteiger partial charge in [0.2, 0.25) is 0 Å². The summed E-state index contributed by atoms with van der Waals surface area (Å²) in [5.74, 6) is 0.223. The van der Waals surface area contributed by atoms with Crippen LogP contribution in [0.3, 0.4) is 0 Å². The summed E-state index contributed by atoms with van der Waals surface area (Å²) < 4.78 is 5.49. The van der Waals surface area contributed by atoms with E-state index in [9.17, 15) is 5.11 Å². The van der Waals surface area contributed by atoms with Gasteiger partial charge in [-0.15, -0.1) is 0 Å². The topological polar surface area (TPSA) is 29.5 Å². The van der Waals surface area contributed by atoms with E-state index in [1.54, 1.807) is 0 Å². The third-order valence-electron chi connectivity index (χ3n) is 2.70. The molecular weight excluding hydrogens is 200 g/mol. The first kappa shape index (κ1) is 13.2. The molecular formula is C14H22O2. The largest absolute Gasteiger partial charge is 0.388 e. The molecule has 0 spiro atoms. The zero-order valence-electron chi connectivity index (χ0n) is 10.4. The van der Waals surface area contributed by atoms with Crippen LogP contribution < -0.4 is 0 Å². The van der Waals surface area contributed by atoms with Gasteiger partial charge in [0.05, 0.1) is 12.2 Å². The fraction of sp³-hybridized carbons (Fsp3) is 0.571. The van der Waals surface area contributed by atoms with Crippen LogP contribution in [0, 0.1) is 5.92 Å². The molecule has 2 atom stereocenters. The Morgan fingerprint density at radius 2 is 1.75 bits per heavy atom. The van der Waals surface area contributed by atoms with Crippen molar-refractivity contribution in [2.24, 2.45) is 5.92 Å². The van der Waals surface area contributed by atoms with E-state index in [0.29, 0.717) is 6.61 Å². The fourth-order valence-electron chi connectivity index (χ4n) is 1.63. The maximum atomic E-state index is 10.1. The van der Waals surface area contributed by atoms with Crippen LogP contribution in [0.5, 0.6) is 0 Å². The second kappa shape index (κ2) is 6.66. The van der Waals surface area contributed by atoms with Crippen molar-refractivity contribution < 1.29 is 9.84 Å². The Morgan fingerprint density at radius 1 is 1.12 bits per heavy atom. The Kier molecular flexibility index (Phi) is 5.50. The minimum Gasteiger partial charge on any atom is -0.388 e. The molecule has 1 N–H and O–H groups in total. The van der Waals surface area contributed by atoms with Crippen molar-refractivity contribution in [2.45, 2.75) is 39.4 Å². The number of hydrogen-bond acceptors (Lipinski definition) is 2. The van der Waals surface area contributed by atoms with Crippen LogP contribution in [0.4, 0.5) is 0 Å². The van der Waals surface area contributed by atoms with Crippen LogP contribution in [-0.2, 0) is 4.74 Å². The van der Waals surface area contributed by atoms with E-state index in [1.807, 2.05) is 44.2 Å². The molecule has 1 aromatic carbocycles. The van der Waals surface area contributed by atoms with Gasteiger partial charge < -0.3 is 9.84 Å². The van der Waals surface area contributed by atoms with E-state index in [4.69, 9.17) is 4.74 Å². The predicted molar refractivity (Wildman–Crippen MR) is 66.3 cm³/mol. The second-order valence-electron chi connectivity index (χ2n) is 4.54. The molecule has 0 aliphatic rings. The minimum atomic E-state index is -0.392. The maximum absolute atomic E-state index is 10.1. The summed E-state index contributed by atoms with van der Waals surface area (Å²) in [4.78, 5) is 0. The summed E-state index contributed by atoms with van der Waals surface area (Å²) in [5, 5.41) is 10.1. The van der Waals surface area contributed by atoms with Gasteiger partial charge in [0.25, 0.3) is 0 Å². The van der Waals surface area contributed by atoms with Gasteiger partial charge in [-0.2, -0.15) is 0 Å². The molecule has 2 nitrogen and oxygen atoms in total. The van der Waals surface area contributed by atoms with Crippen LogP contribution >= 0.6 is 0 Å². The van der Waals surface area contributed by atoms with Crippen molar-refractivity contribution >= 4 is 0 Å². The van der Waals surface area contributed by atoms with Crippen LogP contribution in [-0.4, -0.2) is 17.8 Å². The van der Waals surface area contributed by atoms with Crippen LogP contribution in [0.1, 0.15) is 38.9 Å². The van der Waals surface area contributed by atoms with Crippen molar-refractivity contribution in [2.75, 3.05) is 6.61 Å². The smallest absolute Gasteiger partial charge is 0.0816 e. The molecule has 16 heavy (non-hydrogen) atoms. The highest BCUT2D eigenvalue weighted by molar-refractivity contribution is 5.17. The number of benzene rings is 1. The quantitative estimate of drug-likeness (QED) is 0.801. The first-order chi connectivity index (χ1) is 7.61. The van der Waals surface area contributed by atoms with Gasteiger partial charge in [0.15, 0.2) is 0 Å².